The number of nitrogens with one attached hydrogen (secondary N) is 1. The van der Waals surface area contributed by atoms with Gasteiger partial charge in [0.05, 0.1) is 11.5 Å². The maximum Gasteiger partial charge on any atom is 0.245 e. The van der Waals surface area contributed by atoms with Crippen LogP contribution in [-0.2, 0) is 20.0 Å². The van der Waals surface area contributed by atoms with Crippen molar-refractivity contribution >= 4 is 21.4 Å². The van der Waals surface area contributed by atoms with Gasteiger partial charge in [0.2, 0.25) is 5.91 Å². The van der Waals surface area contributed by atoms with Crippen LogP contribution in [0.1, 0.15) is 64.4 Å². The molecule has 5 aliphatic rings. The molecule has 1 amide bonds. The fourth-order valence-corrected chi connectivity index (χ4v) is 9.29. The zero-order valence-corrected chi connectivity index (χ0v) is 19.7. The predicted octanol–water partition coefficient (Wildman–Crippen LogP) is 3.99. The summed E-state index contributed by atoms with van der Waals surface area (Å²) in [4.78, 5) is 14.8. The highest BCUT2D eigenvalue weighted by atomic mass is 32.2. The third kappa shape index (κ3) is 4.01. The van der Waals surface area contributed by atoms with Crippen LogP contribution in [-0.4, -0.2) is 49.4 Å². The molecule has 5 nitrogen and oxygen atoms in total. The molecule has 6 rings (SSSR count). The van der Waals surface area contributed by atoms with E-state index in [-0.39, 0.29) is 29.5 Å². The topological polar surface area (TPSA) is 66.5 Å². The quantitative estimate of drug-likeness (QED) is 0.720. The molecule has 1 aliphatic heterocycles. The molecule has 1 N–H and O–H groups in total. The summed E-state index contributed by atoms with van der Waals surface area (Å²) in [5, 5.41) is 3.36. The van der Waals surface area contributed by atoms with E-state index in [0.29, 0.717) is 18.4 Å². The number of hydrogen-bond acceptors (Lipinski definition) is 4. The number of hydrogen-bond donors (Lipinski definition) is 1. The van der Waals surface area contributed by atoms with Crippen molar-refractivity contribution in [3.63, 3.8) is 0 Å². The maximum atomic E-state index is 13.0. The minimum Gasteiger partial charge on any atom is -0.374 e. The number of carbonyl (C=O) groups is 1. The number of rotatable bonds is 6. The van der Waals surface area contributed by atoms with E-state index in [1.165, 1.54) is 44.1 Å². The van der Waals surface area contributed by atoms with Crippen LogP contribution < -0.4 is 5.32 Å². The minimum atomic E-state index is -3.01. The van der Waals surface area contributed by atoms with Crippen molar-refractivity contribution in [2.45, 2.75) is 76.3 Å². The number of sulfone groups is 1. The summed E-state index contributed by atoms with van der Waals surface area (Å²) in [6, 6.07) is 8.27. The van der Waals surface area contributed by atoms with Gasteiger partial charge in [0.25, 0.3) is 0 Å². The molecular weight excluding hydrogens is 408 g/mol. The molecule has 4 aliphatic carbocycles. The molecule has 1 saturated heterocycles. The van der Waals surface area contributed by atoms with Gasteiger partial charge in [-0.25, -0.2) is 8.42 Å². The van der Waals surface area contributed by atoms with Crippen LogP contribution in [0.2, 0.25) is 0 Å². The van der Waals surface area contributed by atoms with Crippen LogP contribution >= 0.6 is 0 Å². The number of likely N-dealkylation sites (N-methyl/N-ethyl adjacent to an activating group) is 1. The first-order valence-corrected chi connectivity index (χ1v) is 14.0. The highest BCUT2D eigenvalue weighted by Crippen LogP contribution is 2.60. The third-order valence-corrected chi connectivity index (χ3v) is 10.3. The summed E-state index contributed by atoms with van der Waals surface area (Å²) in [6.45, 7) is 4.34. The van der Waals surface area contributed by atoms with Gasteiger partial charge in [0.1, 0.15) is 6.04 Å². The van der Waals surface area contributed by atoms with Gasteiger partial charge in [-0.15, -0.1) is 0 Å². The van der Waals surface area contributed by atoms with E-state index >= 15 is 0 Å². The van der Waals surface area contributed by atoms with Gasteiger partial charge >= 0.3 is 0 Å². The molecule has 0 spiro atoms. The van der Waals surface area contributed by atoms with Crippen LogP contribution in [0.3, 0.4) is 0 Å². The molecule has 4 saturated carbocycles. The number of carbonyl (C=O) groups excluding carboxylic acids is 1. The fourth-order valence-electron chi connectivity index (χ4n) is 7.56. The van der Waals surface area contributed by atoms with Crippen molar-refractivity contribution in [2.24, 2.45) is 17.8 Å². The van der Waals surface area contributed by atoms with Crippen LogP contribution in [0.4, 0.5) is 5.69 Å². The minimum absolute atomic E-state index is 0.0187. The summed E-state index contributed by atoms with van der Waals surface area (Å²) in [6.07, 6.45) is 8.98. The second-order valence-corrected chi connectivity index (χ2v) is 13.1. The zero-order valence-electron chi connectivity index (χ0n) is 18.8. The Balaban J connectivity index is 1.25. The van der Waals surface area contributed by atoms with Crippen LogP contribution in [0.25, 0.3) is 0 Å². The largest absolute Gasteiger partial charge is 0.374 e. The van der Waals surface area contributed by atoms with Crippen molar-refractivity contribution in [2.75, 3.05) is 23.4 Å². The number of amides is 1. The van der Waals surface area contributed by atoms with Crippen LogP contribution in [0, 0.1) is 17.8 Å². The first kappa shape index (κ1) is 21.3. The van der Waals surface area contributed by atoms with E-state index in [0.717, 1.165) is 23.4 Å². The normalized spacial score (nSPS) is 36.3. The second kappa shape index (κ2) is 7.79. The second-order valence-electron chi connectivity index (χ2n) is 10.8. The Bertz CT molecular complexity index is 905. The Morgan fingerprint density at radius 1 is 1.10 bits per heavy atom. The molecule has 1 heterocycles. The van der Waals surface area contributed by atoms with E-state index in [1.807, 2.05) is 13.8 Å². The van der Waals surface area contributed by atoms with E-state index in [2.05, 4.69) is 29.6 Å². The molecule has 0 aromatic heterocycles. The van der Waals surface area contributed by atoms with Gasteiger partial charge in [-0.1, -0.05) is 12.1 Å². The molecule has 31 heavy (non-hydrogen) atoms. The summed E-state index contributed by atoms with van der Waals surface area (Å²) in [7, 11) is -3.01. The SMILES string of the molecule is CCN(C(=O)C(C)Nc1ccc(C23CC4CC(CC(C4)C2)C3)cc1)C1CCS(=O)(=O)C1. The van der Waals surface area contributed by atoms with Crippen molar-refractivity contribution in [1.29, 1.82) is 0 Å². The predicted molar refractivity (Wildman–Crippen MR) is 124 cm³/mol. The molecule has 170 valence electrons. The molecule has 4 bridgehead atoms. The lowest BCUT2D eigenvalue weighted by Gasteiger charge is -2.57. The Kier molecular flexibility index (Phi) is 5.35. The van der Waals surface area contributed by atoms with Crippen molar-refractivity contribution in [3.05, 3.63) is 29.8 Å². The molecular formula is C25H36N2O3S. The van der Waals surface area contributed by atoms with E-state index in [4.69, 9.17) is 0 Å². The lowest BCUT2D eigenvalue weighted by molar-refractivity contribution is -0.133. The van der Waals surface area contributed by atoms with E-state index in [9.17, 15) is 13.2 Å². The molecule has 6 heteroatoms. The molecule has 2 unspecified atom stereocenters. The summed E-state index contributed by atoms with van der Waals surface area (Å²) < 4.78 is 23.7. The number of anilines is 1. The number of benzene rings is 1. The van der Waals surface area contributed by atoms with Crippen molar-refractivity contribution in [3.8, 4) is 0 Å². The van der Waals surface area contributed by atoms with Gasteiger partial charge < -0.3 is 10.2 Å². The highest BCUT2D eigenvalue weighted by molar-refractivity contribution is 7.91. The zero-order chi connectivity index (χ0) is 21.8. The molecule has 1 aromatic rings. The van der Waals surface area contributed by atoms with Crippen molar-refractivity contribution in [1.82, 2.24) is 4.90 Å². The average Bonchev–Trinajstić information content (AvgIpc) is 3.07. The summed E-state index contributed by atoms with van der Waals surface area (Å²) >= 11 is 0. The first-order chi connectivity index (χ1) is 14.8. The smallest absolute Gasteiger partial charge is 0.245 e. The van der Waals surface area contributed by atoms with E-state index < -0.39 is 9.84 Å². The molecule has 1 aromatic carbocycles. The van der Waals surface area contributed by atoms with Crippen molar-refractivity contribution < 1.29 is 13.2 Å². The summed E-state index contributed by atoms with van der Waals surface area (Å²) in [5.74, 6) is 3.06. The Morgan fingerprint density at radius 2 is 1.68 bits per heavy atom. The van der Waals surface area contributed by atoms with Gasteiger partial charge in [-0.3, -0.25) is 4.79 Å². The lowest BCUT2D eigenvalue weighted by Crippen LogP contribution is -2.48. The first-order valence-electron chi connectivity index (χ1n) is 12.1. The van der Waals surface area contributed by atoms with Crippen LogP contribution in [0.15, 0.2) is 24.3 Å². The average molecular weight is 445 g/mol. The van der Waals surface area contributed by atoms with Gasteiger partial charge in [-0.05, 0) is 99.7 Å². The molecule has 2 atom stereocenters. The van der Waals surface area contributed by atoms with Gasteiger partial charge in [0.15, 0.2) is 9.84 Å². The fraction of sp³-hybridized carbons (Fsp3) is 0.720. The highest BCUT2D eigenvalue weighted by Gasteiger charge is 2.51. The standard InChI is InChI=1S/C25H36N2O3S/c1-3-27(23-8-9-31(29,30)16-23)24(28)17(2)26-22-6-4-21(5-7-22)25-13-18-10-19(14-25)12-20(11-18)15-25/h4-7,17-20,23,26H,3,8-16H2,1-2H3. The monoisotopic (exact) mass is 444 g/mol. The molecule has 0 radical (unpaired) electrons. The lowest BCUT2D eigenvalue weighted by atomic mass is 9.48. The Hall–Kier alpha value is -1.56. The Labute approximate surface area is 186 Å². The number of nitrogens with zero attached hydrogens (tertiary/aromatic N) is 1. The Morgan fingerprint density at radius 3 is 2.16 bits per heavy atom. The third-order valence-electron chi connectivity index (χ3n) is 8.56. The van der Waals surface area contributed by atoms with Gasteiger partial charge in [-0.2, -0.15) is 0 Å². The summed E-state index contributed by atoms with van der Waals surface area (Å²) in [5.41, 5.74) is 2.84. The maximum absolute atomic E-state index is 13.0. The van der Waals surface area contributed by atoms with Gasteiger partial charge in [0, 0.05) is 18.3 Å². The van der Waals surface area contributed by atoms with E-state index in [1.54, 1.807) is 4.90 Å². The van der Waals surface area contributed by atoms with Crippen LogP contribution in [0.5, 0.6) is 0 Å². The molecule has 5 fully saturated rings.